The highest BCUT2D eigenvalue weighted by molar-refractivity contribution is 5.84. The van der Waals surface area contributed by atoms with Crippen LogP contribution in [0, 0.1) is 0 Å². The lowest BCUT2D eigenvalue weighted by Gasteiger charge is -2.08. The maximum absolute atomic E-state index is 10.6. The van der Waals surface area contributed by atoms with Gasteiger partial charge in [-0.25, -0.2) is 5.90 Å². The Morgan fingerprint density at radius 3 is 1.62 bits per heavy atom. The summed E-state index contributed by atoms with van der Waals surface area (Å²) in [6.45, 7) is 0.888. The maximum atomic E-state index is 10.6. The molecule has 0 bridgehead atoms. The number of rotatable bonds is 0. The van der Waals surface area contributed by atoms with E-state index in [9.17, 15) is 9.59 Å². The largest absolute Gasteiger partial charge is 0.411 e. The summed E-state index contributed by atoms with van der Waals surface area (Å²) < 4.78 is 0. The lowest BCUT2D eigenvalue weighted by Crippen LogP contribution is -2.21. The highest BCUT2D eigenvalue weighted by Gasteiger charge is 2.06. The zero-order valence-corrected chi connectivity index (χ0v) is 15.3. The number of Topliss-reactive ketones (excluding diaryl/α,β-unsaturated/α-hetero) is 1. The third-order valence-electron chi connectivity index (χ3n) is 4.39. The van der Waals surface area contributed by atoms with Gasteiger partial charge in [-0.05, 0) is 51.4 Å². The summed E-state index contributed by atoms with van der Waals surface area (Å²) in [7, 11) is 0. The molecular formula is C19H39N3O4. The minimum atomic E-state index is 0. The lowest BCUT2D eigenvalue weighted by atomic mass is 9.99. The van der Waals surface area contributed by atoms with Crippen molar-refractivity contribution in [3.63, 3.8) is 0 Å². The first-order valence-corrected chi connectivity index (χ1v) is 9.46. The van der Waals surface area contributed by atoms with Crippen molar-refractivity contribution in [1.29, 1.82) is 0 Å². The van der Waals surface area contributed by atoms with Crippen LogP contribution in [0.4, 0.5) is 0 Å². The van der Waals surface area contributed by atoms with Crippen molar-refractivity contribution in [2.45, 2.75) is 97.3 Å². The fourth-order valence-electron chi connectivity index (χ4n) is 2.91. The number of carbonyl (C=O) groups is 2. The summed E-state index contributed by atoms with van der Waals surface area (Å²) in [4.78, 5) is 21.0. The number of nitrogens with zero attached hydrogens (tertiary/aromatic N) is 1. The zero-order chi connectivity index (χ0) is 18.8. The van der Waals surface area contributed by atoms with Gasteiger partial charge in [-0.3, -0.25) is 9.59 Å². The molecule has 0 unspecified atom stereocenters. The first-order valence-electron chi connectivity index (χ1n) is 9.46. The smallest absolute Gasteiger partial charge is 0.219 e. The van der Waals surface area contributed by atoms with Gasteiger partial charge in [-0.2, -0.15) is 0 Å². The molecule has 3 aliphatic rings. The van der Waals surface area contributed by atoms with Crippen molar-refractivity contribution in [1.82, 2.24) is 5.32 Å². The van der Waals surface area contributed by atoms with Crippen LogP contribution in [-0.4, -0.2) is 34.4 Å². The summed E-state index contributed by atoms with van der Waals surface area (Å²) in [5.41, 5.74) is 0.983. The van der Waals surface area contributed by atoms with Gasteiger partial charge in [-0.15, -0.1) is 0 Å². The molecule has 1 amide bonds. The van der Waals surface area contributed by atoms with E-state index in [0.717, 1.165) is 70.0 Å². The number of amides is 1. The molecule has 2 saturated carbocycles. The predicted octanol–water partition coefficient (Wildman–Crippen LogP) is 3.95. The molecule has 0 atom stereocenters. The third-order valence-corrected chi connectivity index (χ3v) is 4.39. The molecule has 0 spiro atoms. The van der Waals surface area contributed by atoms with Gasteiger partial charge in [0, 0.05) is 25.8 Å². The predicted molar refractivity (Wildman–Crippen MR) is 105 cm³/mol. The molecule has 154 valence electrons. The van der Waals surface area contributed by atoms with Crippen LogP contribution in [0.25, 0.3) is 0 Å². The summed E-state index contributed by atoms with van der Waals surface area (Å²) in [6, 6.07) is 0. The van der Waals surface area contributed by atoms with Gasteiger partial charge in [-0.1, -0.05) is 31.8 Å². The van der Waals surface area contributed by atoms with E-state index in [1.54, 1.807) is 0 Å². The lowest BCUT2D eigenvalue weighted by molar-refractivity contribution is -0.121. The van der Waals surface area contributed by atoms with E-state index in [1.165, 1.54) is 32.1 Å². The molecule has 3 rings (SSSR count). The number of carbonyl (C=O) groups excluding carboxylic acids is 2. The molecule has 1 saturated heterocycles. The first-order chi connectivity index (χ1) is 12.2. The molecule has 1 heterocycles. The Morgan fingerprint density at radius 2 is 1.19 bits per heavy atom. The van der Waals surface area contributed by atoms with Gasteiger partial charge in [0.15, 0.2) is 0 Å². The van der Waals surface area contributed by atoms with E-state index in [-0.39, 0.29) is 13.3 Å². The van der Waals surface area contributed by atoms with Crippen LogP contribution in [0.3, 0.4) is 0 Å². The van der Waals surface area contributed by atoms with Crippen molar-refractivity contribution < 1.29 is 20.0 Å². The SMILES string of the molecule is C.NO.O=C1CCCCC1.O=C1CCCCCN1.ON=C1CCCCC1. The number of hydrogen-bond acceptors (Lipinski definition) is 6. The van der Waals surface area contributed by atoms with Crippen LogP contribution in [0.1, 0.15) is 97.3 Å². The molecule has 2 aliphatic carbocycles. The van der Waals surface area contributed by atoms with Gasteiger partial charge >= 0.3 is 0 Å². The first kappa shape index (κ1) is 26.8. The van der Waals surface area contributed by atoms with Crippen molar-refractivity contribution in [2.24, 2.45) is 11.1 Å². The highest BCUT2D eigenvalue weighted by atomic mass is 16.4. The Morgan fingerprint density at radius 1 is 0.731 bits per heavy atom. The molecule has 0 radical (unpaired) electrons. The molecule has 0 aromatic heterocycles. The van der Waals surface area contributed by atoms with Crippen LogP contribution in [0.15, 0.2) is 5.16 Å². The Bertz CT molecular complexity index is 361. The second-order valence-corrected chi connectivity index (χ2v) is 6.49. The van der Waals surface area contributed by atoms with Gasteiger partial charge in [0.2, 0.25) is 5.91 Å². The second-order valence-electron chi connectivity index (χ2n) is 6.49. The molecular weight excluding hydrogens is 334 g/mol. The summed E-state index contributed by atoms with van der Waals surface area (Å²) >= 11 is 0. The van der Waals surface area contributed by atoms with Crippen LogP contribution >= 0.6 is 0 Å². The summed E-state index contributed by atoms with van der Waals surface area (Å²) in [5.74, 6) is 4.19. The maximum Gasteiger partial charge on any atom is 0.219 e. The number of hydrogen-bond donors (Lipinski definition) is 4. The third kappa shape index (κ3) is 16.0. The van der Waals surface area contributed by atoms with Gasteiger partial charge in [0.1, 0.15) is 5.78 Å². The Labute approximate surface area is 158 Å². The van der Waals surface area contributed by atoms with Gasteiger partial charge in [0.05, 0.1) is 5.71 Å². The minimum Gasteiger partial charge on any atom is -0.411 e. The summed E-state index contributed by atoms with van der Waals surface area (Å²) in [5, 5.41) is 20.7. The number of nitrogens with two attached hydrogens (primary N) is 1. The van der Waals surface area contributed by atoms with E-state index in [1.807, 2.05) is 0 Å². The topological polar surface area (TPSA) is 125 Å². The number of oxime groups is 1. The molecule has 7 heteroatoms. The highest BCUT2D eigenvalue weighted by Crippen LogP contribution is 2.14. The molecule has 3 fully saturated rings. The Balaban J connectivity index is 0. The van der Waals surface area contributed by atoms with E-state index in [2.05, 4.69) is 16.4 Å². The van der Waals surface area contributed by atoms with Crippen molar-refractivity contribution >= 4 is 17.4 Å². The minimum absolute atomic E-state index is 0. The van der Waals surface area contributed by atoms with E-state index < -0.39 is 0 Å². The van der Waals surface area contributed by atoms with E-state index >= 15 is 0 Å². The van der Waals surface area contributed by atoms with Crippen LogP contribution in [0.5, 0.6) is 0 Å². The van der Waals surface area contributed by atoms with Crippen molar-refractivity contribution in [3.05, 3.63) is 0 Å². The van der Waals surface area contributed by atoms with Crippen molar-refractivity contribution in [3.8, 4) is 0 Å². The average molecular weight is 374 g/mol. The van der Waals surface area contributed by atoms with E-state index in [0.29, 0.717) is 5.78 Å². The molecule has 26 heavy (non-hydrogen) atoms. The fraction of sp³-hybridized carbons (Fsp3) is 0.842. The van der Waals surface area contributed by atoms with Crippen LogP contribution < -0.4 is 11.2 Å². The Kier molecular flexibility index (Phi) is 20.4. The number of nitrogens with one attached hydrogen (secondary N) is 1. The van der Waals surface area contributed by atoms with Gasteiger partial charge < -0.3 is 15.7 Å². The molecule has 0 aromatic carbocycles. The summed E-state index contributed by atoms with van der Waals surface area (Å²) in [6.07, 6.45) is 15.2. The molecule has 0 aromatic rings. The molecule has 1 aliphatic heterocycles. The second kappa shape index (κ2) is 19.8. The zero-order valence-electron chi connectivity index (χ0n) is 15.3. The van der Waals surface area contributed by atoms with Crippen LogP contribution in [0.2, 0.25) is 0 Å². The normalized spacial score (nSPS) is 19.4. The Hall–Kier alpha value is -1.47. The van der Waals surface area contributed by atoms with Crippen molar-refractivity contribution in [2.75, 3.05) is 6.54 Å². The monoisotopic (exact) mass is 373 g/mol. The van der Waals surface area contributed by atoms with E-state index in [4.69, 9.17) is 10.4 Å². The fourth-order valence-corrected chi connectivity index (χ4v) is 2.91. The average Bonchev–Trinajstić information content (AvgIpc) is 2.93. The van der Waals surface area contributed by atoms with Gasteiger partial charge in [0.25, 0.3) is 0 Å². The van der Waals surface area contributed by atoms with Crippen LogP contribution in [-0.2, 0) is 9.59 Å². The number of ketones is 1. The molecule has 5 N–H and O–H groups in total. The molecule has 7 nitrogen and oxygen atoms in total. The standard InChI is InChI=1S/2C6H11NO.C6H10O.CH4.H3NO/c8-6-4-2-1-3-5-7-6;8-7-6-4-2-1-3-5-6;7-6-4-2-1-3-5-6;;1-2/h1-5H2,(H,7,8);8H,1-5H2;1-5H2;1H4;2H,1H2. The quantitative estimate of drug-likeness (QED) is 0.378.